The molecule has 0 bridgehead atoms. The van der Waals surface area contributed by atoms with Crippen molar-refractivity contribution in [1.29, 1.82) is 0 Å². The van der Waals surface area contributed by atoms with Gasteiger partial charge in [0.1, 0.15) is 0 Å². The molecule has 4 heteroatoms. The van der Waals surface area contributed by atoms with E-state index in [4.69, 9.17) is 0 Å². The molecular formula is C3H4N2S2. The van der Waals surface area contributed by atoms with E-state index in [1.54, 1.807) is 16.4 Å². The van der Waals surface area contributed by atoms with Crippen molar-refractivity contribution >= 4 is 35.9 Å². The third kappa shape index (κ3) is 1.14. The lowest BCUT2D eigenvalue weighted by molar-refractivity contribution is 0.792. The van der Waals surface area contributed by atoms with Gasteiger partial charge in [0, 0.05) is 6.21 Å². The molecule has 1 aliphatic heterocycles. The summed E-state index contributed by atoms with van der Waals surface area (Å²) in [4.78, 5) is 0. The topological polar surface area (TPSA) is 15.6 Å². The predicted octanol–water partition coefficient (Wildman–Crippen LogP) is 0.893. The maximum absolute atomic E-state index is 4.58. The van der Waals surface area contributed by atoms with Crippen LogP contribution in [0.4, 0.5) is 0 Å². The number of nitrogens with zero attached hydrogens (tertiary/aromatic N) is 2. The van der Waals surface area contributed by atoms with Gasteiger partial charge in [0.2, 0.25) is 0 Å². The molecule has 0 unspecified atom stereocenters. The van der Waals surface area contributed by atoms with Crippen LogP contribution in [0.3, 0.4) is 0 Å². The molecular weight excluding hydrogens is 128 g/mol. The van der Waals surface area contributed by atoms with Crippen molar-refractivity contribution in [3.63, 3.8) is 0 Å². The fourth-order valence-electron chi connectivity index (χ4n) is 0.314. The van der Waals surface area contributed by atoms with E-state index >= 15 is 0 Å². The average Bonchev–Trinajstić information content (AvgIpc) is 2.14. The Hall–Kier alpha value is -0.0900. The lowest BCUT2D eigenvalue weighted by Gasteiger charge is -1.98. The molecule has 1 heterocycles. The van der Waals surface area contributed by atoms with Gasteiger partial charge in [-0.3, -0.25) is 0 Å². The van der Waals surface area contributed by atoms with Crippen molar-refractivity contribution in [1.82, 2.24) is 4.41 Å². The van der Waals surface area contributed by atoms with Gasteiger partial charge in [-0.15, -0.1) is 0 Å². The van der Waals surface area contributed by atoms with Crippen LogP contribution in [0.25, 0.3) is 0 Å². The van der Waals surface area contributed by atoms with Crippen LogP contribution in [0, 0.1) is 0 Å². The fraction of sp³-hybridized carbons (Fsp3) is 0.333. The zero-order valence-electron chi connectivity index (χ0n) is 3.57. The summed E-state index contributed by atoms with van der Waals surface area (Å²) >= 11 is 6.17. The molecule has 0 amide bonds. The minimum absolute atomic E-state index is 0.952. The van der Waals surface area contributed by atoms with Gasteiger partial charge in [0.15, 0.2) is 0 Å². The standard InChI is InChI=1S/C3H4N2S2/c6-3-5-4-1-2-7-5/h1,3H,2H2. The van der Waals surface area contributed by atoms with Crippen LogP contribution >= 0.6 is 24.2 Å². The molecule has 1 rings (SSSR count). The normalized spacial score (nSPS) is 18.0. The average molecular weight is 132 g/mol. The largest absolute Gasteiger partial charge is 0.203 e. The first-order chi connectivity index (χ1) is 3.43. The third-order valence-corrected chi connectivity index (χ3v) is 1.66. The smallest absolute Gasteiger partial charge is 0.0990 e. The van der Waals surface area contributed by atoms with Crippen LogP contribution in [-0.2, 0) is 0 Å². The minimum atomic E-state index is 0.952. The molecule has 0 spiro atoms. The number of thiocarbonyl (C=S) groups is 1. The van der Waals surface area contributed by atoms with E-state index in [2.05, 4.69) is 17.3 Å². The van der Waals surface area contributed by atoms with Gasteiger partial charge in [0.25, 0.3) is 0 Å². The number of hydrogen-bond acceptors (Lipinski definition) is 3. The van der Waals surface area contributed by atoms with Crippen molar-refractivity contribution in [3.8, 4) is 0 Å². The SMILES string of the molecule is S=CN1N=CCS1. The Morgan fingerprint density at radius 2 is 2.86 bits per heavy atom. The first-order valence-electron chi connectivity index (χ1n) is 1.83. The summed E-state index contributed by atoms with van der Waals surface area (Å²) < 4.78 is 1.66. The molecule has 0 N–H and O–H groups in total. The van der Waals surface area contributed by atoms with E-state index in [1.807, 2.05) is 6.21 Å². The van der Waals surface area contributed by atoms with Gasteiger partial charge in [-0.2, -0.15) is 5.10 Å². The summed E-state index contributed by atoms with van der Waals surface area (Å²) in [6.45, 7) is 0. The second-order valence-corrected chi connectivity index (χ2v) is 2.18. The van der Waals surface area contributed by atoms with Gasteiger partial charge >= 0.3 is 0 Å². The highest BCUT2D eigenvalue weighted by Crippen LogP contribution is 2.10. The maximum atomic E-state index is 4.58. The van der Waals surface area contributed by atoms with Crippen molar-refractivity contribution in [2.24, 2.45) is 5.10 Å². The number of rotatable bonds is 1. The van der Waals surface area contributed by atoms with E-state index < -0.39 is 0 Å². The van der Waals surface area contributed by atoms with Gasteiger partial charge in [0.05, 0.1) is 11.2 Å². The molecule has 0 aromatic rings. The molecule has 2 nitrogen and oxygen atoms in total. The molecule has 0 radical (unpaired) electrons. The Morgan fingerprint density at radius 1 is 2.00 bits per heavy atom. The highest BCUT2D eigenvalue weighted by Gasteiger charge is 1.99. The lowest BCUT2D eigenvalue weighted by Crippen LogP contribution is -1.95. The van der Waals surface area contributed by atoms with E-state index in [-0.39, 0.29) is 0 Å². The second-order valence-electron chi connectivity index (χ2n) is 1.00. The molecule has 0 fully saturated rings. The summed E-state index contributed by atoms with van der Waals surface area (Å²) in [5.74, 6) is 0.952. The molecule has 0 atom stereocenters. The molecule has 1 aliphatic rings. The Bertz CT molecular complexity index is 101. The first-order valence-corrected chi connectivity index (χ1v) is 3.25. The van der Waals surface area contributed by atoms with Crippen LogP contribution in [0.5, 0.6) is 0 Å². The van der Waals surface area contributed by atoms with Crippen molar-refractivity contribution in [2.75, 3.05) is 5.75 Å². The summed E-state index contributed by atoms with van der Waals surface area (Å²) in [5, 5.41) is 3.87. The summed E-state index contributed by atoms with van der Waals surface area (Å²) in [6.07, 6.45) is 1.83. The molecule has 7 heavy (non-hydrogen) atoms. The fourth-order valence-corrected chi connectivity index (χ4v) is 1.03. The van der Waals surface area contributed by atoms with Gasteiger partial charge in [-0.05, 0) is 11.9 Å². The Labute approximate surface area is 51.7 Å². The molecule has 0 aromatic carbocycles. The lowest BCUT2D eigenvalue weighted by atomic mass is 10.9. The van der Waals surface area contributed by atoms with E-state index in [9.17, 15) is 0 Å². The highest BCUT2D eigenvalue weighted by molar-refractivity contribution is 7.99. The van der Waals surface area contributed by atoms with Crippen molar-refractivity contribution in [3.05, 3.63) is 0 Å². The molecule has 38 valence electrons. The predicted molar refractivity (Wildman–Crippen MR) is 36.4 cm³/mol. The Morgan fingerprint density at radius 3 is 3.14 bits per heavy atom. The highest BCUT2D eigenvalue weighted by atomic mass is 32.2. The van der Waals surface area contributed by atoms with Crippen LogP contribution in [0.1, 0.15) is 0 Å². The van der Waals surface area contributed by atoms with Gasteiger partial charge in [-0.25, -0.2) is 4.41 Å². The quantitative estimate of drug-likeness (QED) is 0.389. The van der Waals surface area contributed by atoms with Crippen LogP contribution < -0.4 is 0 Å². The van der Waals surface area contributed by atoms with E-state index in [0.29, 0.717) is 0 Å². The molecule has 0 saturated carbocycles. The third-order valence-electron chi connectivity index (χ3n) is 0.567. The zero-order chi connectivity index (χ0) is 5.11. The van der Waals surface area contributed by atoms with Crippen LogP contribution in [0.15, 0.2) is 5.10 Å². The Kier molecular flexibility index (Phi) is 1.64. The van der Waals surface area contributed by atoms with Crippen LogP contribution in [0.2, 0.25) is 0 Å². The monoisotopic (exact) mass is 132 g/mol. The molecule has 0 saturated heterocycles. The Balaban J connectivity index is 2.42. The summed E-state index contributed by atoms with van der Waals surface area (Å²) in [7, 11) is 0. The minimum Gasteiger partial charge on any atom is -0.203 e. The second kappa shape index (κ2) is 2.28. The molecule has 0 aliphatic carbocycles. The van der Waals surface area contributed by atoms with Crippen molar-refractivity contribution in [2.45, 2.75) is 0 Å². The number of hydrazone groups is 1. The maximum Gasteiger partial charge on any atom is 0.0990 e. The van der Waals surface area contributed by atoms with E-state index in [0.717, 1.165) is 5.75 Å². The number of hydrogen-bond donors (Lipinski definition) is 0. The van der Waals surface area contributed by atoms with Gasteiger partial charge < -0.3 is 0 Å². The zero-order valence-corrected chi connectivity index (χ0v) is 5.21. The summed E-state index contributed by atoms with van der Waals surface area (Å²) in [6, 6.07) is 0. The van der Waals surface area contributed by atoms with E-state index in [1.165, 1.54) is 5.49 Å². The van der Waals surface area contributed by atoms with Crippen LogP contribution in [-0.4, -0.2) is 21.9 Å². The first kappa shape index (κ1) is 5.05. The summed E-state index contributed by atoms with van der Waals surface area (Å²) in [5.41, 5.74) is 1.52. The van der Waals surface area contributed by atoms with Gasteiger partial charge in [-0.1, -0.05) is 12.2 Å². The molecule has 0 aromatic heterocycles. The van der Waals surface area contributed by atoms with Crippen molar-refractivity contribution < 1.29 is 0 Å².